The van der Waals surface area contributed by atoms with Crippen LogP contribution in [0.5, 0.6) is 0 Å². The molecule has 0 atom stereocenters. The van der Waals surface area contributed by atoms with Crippen LogP contribution in [-0.4, -0.2) is 13.7 Å². The van der Waals surface area contributed by atoms with Gasteiger partial charge in [-0.3, -0.25) is 0 Å². The van der Waals surface area contributed by atoms with E-state index in [0.29, 0.717) is 0 Å². The van der Waals surface area contributed by atoms with E-state index in [4.69, 9.17) is 0 Å². The lowest BCUT2D eigenvalue weighted by Crippen LogP contribution is -1.71. The van der Waals surface area contributed by atoms with Gasteiger partial charge in [0.2, 0.25) is 0 Å². The van der Waals surface area contributed by atoms with Crippen LogP contribution in [0.15, 0.2) is 18.3 Å². The van der Waals surface area contributed by atoms with Crippen molar-refractivity contribution in [2.75, 3.05) is 0 Å². The Morgan fingerprint density at radius 2 is 1.77 bits per heavy atom. The minimum atomic E-state index is 0.738. The third-order valence-electron chi connectivity index (χ3n) is 1.03. The summed E-state index contributed by atoms with van der Waals surface area (Å²) in [4.78, 5) is 3.98. The van der Waals surface area contributed by atoms with Gasteiger partial charge in [-0.25, -0.2) is 4.98 Å². The van der Waals surface area contributed by atoms with Gasteiger partial charge in [-0.05, 0) is 12.1 Å². The van der Waals surface area contributed by atoms with Crippen molar-refractivity contribution >= 4 is 22.9 Å². The number of nitrogens with zero attached hydrogens (tertiary/aromatic N) is 3. The van der Waals surface area contributed by atoms with Crippen LogP contribution in [0.3, 0.4) is 0 Å². The molecule has 2 aromatic rings. The molecule has 0 radical (unpaired) electrons. The summed E-state index contributed by atoms with van der Waals surface area (Å²) in [6, 6.07) is 3.75. The number of hydrogen-bond acceptors (Lipinski definition) is 4. The average molecular weight is 197 g/mol. The van der Waals surface area contributed by atoms with E-state index in [0.717, 1.165) is 11.2 Å². The van der Waals surface area contributed by atoms with Gasteiger partial charge in [0.05, 0.1) is 11.7 Å². The zero-order valence-electron chi connectivity index (χ0n) is 8.48. The quantitative estimate of drug-likeness (QED) is 0.651. The Balaban J connectivity index is 0.000000322. The van der Waals surface area contributed by atoms with Crippen LogP contribution in [-0.2, 0) is 0 Å². The number of rotatable bonds is 0. The van der Waals surface area contributed by atoms with Crippen molar-refractivity contribution in [1.82, 2.24) is 13.7 Å². The smallest absolute Gasteiger partial charge is 0.193 e. The molecule has 0 fully saturated rings. The van der Waals surface area contributed by atoms with E-state index in [-0.39, 0.29) is 0 Å². The summed E-state index contributed by atoms with van der Waals surface area (Å²) in [5, 5.41) is 0. The summed E-state index contributed by atoms with van der Waals surface area (Å²) >= 11 is 1.19. The molecule has 3 nitrogen and oxygen atoms in total. The van der Waals surface area contributed by atoms with E-state index in [1.807, 2.05) is 39.8 Å². The van der Waals surface area contributed by atoms with Crippen molar-refractivity contribution in [2.24, 2.45) is 0 Å². The molecular weight excluding hydrogens is 182 g/mol. The first kappa shape index (κ1) is 12.0. The van der Waals surface area contributed by atoms with Crippen molar-refractivity contribution in [3.05, 3.63) is 18.3 Å². The van der Waals surface area contributed by atoms with Gasteiger partial charge < -0.3 is 0 Å². The molecule has 4 heteroatoms. The highest BCUT2D eigenvalue weighted by Gasteiger charge is 1.93. The minimum Gasteiger partial charge on any atom is -0.234 e. The normalized spacial score (nSPS) is 8.00. The maximum absolute atomic E-state index is 3.99. The van der Waals surface area contributed by atoms with Gasteiger partial charge in [0.25, 0.3) is 0 Å². The predicted octanol–water partition coefficient (Wildman–Crippen LogP) is 3.14. The molecule has 0 bridgehead atoms. The van der Waals surface area contributed by atoms with Gasteiger partial charge in [0, 0.05) is 6.20 Å². The van der Waals surface area contributed by atoms with Crippen molar-refractivity contribution in [3.63, 3.8) is 0 Å². The van der Waals surface area contributed by atoms with Gasteiger partial charge in [-0.15, -0.1) is 0 Å². The van der Waals surface area contributed by atoms with Crippen LogP contribution in [0.2, 0.25) is 0 Å². The Hall–Kier alpha value is -1.03. The third kappa shape index (κ3) is 3.46. The van der Waals surface area contributed by atoms with Gasteiger partial charge in [0.15, 0.2) is 5.65 Å². The number of hydrogen-bond donors (Lipinski definition) is 0. The molecule has 0 aliphatic carbocycles. The van der Waals surface area contributed by atoms with Gasteiger partial charge in [-0.2, -0.15) is 8.75 Å². The van der Waals surface area contributed by atoms with Crippen LogP contribution in [0, 0.1) is 0 Å². The van der Waals surface area contributed by atoms with Gasteiger partial charge >= 0.3 is 0 Å². The number of aromatic nitrogens is 3. The zero-order valence-corrected chi connectivity index (χ0v) is 9.30. The van der Waals surface area contributed by atoms with E-state index in [2.05, 4.69) is 13.7 Å². The Labute approximate surface area is 83.2 Å². The first-order valence-corrected chi connectivity index (χ1v) is 5.23. The molecule has 72 valence electrons. The Morgan fingerprint density at radius 1 is 1.08 bits per heavy atom. The maximum Gasteiger partial charge on any atom is 0.193 e. The van der Waals surface area contributed by atoms with Crippen LogP contribution < -0.4 is 0 Å². The minimum absolute atomic E-state index is 0.738. The summed E-state index contributed by atoms with van der Waals surface area (Å²) < 4.78 is 7.92. The fourth-order valence-corrected chi connectivity index (χ4v) is 1.12. The van der Waals surface area contributed by atoms with Crippen LogP contribution in [0.25, 0.3) is 11.2 Å². The lowest BCUT2D eigenvalue weighted by molar-refractivity contribution is 1.36. The Bertz CT molecular complexity index is 289. The molecule has 0 spiro atoms. The van der Waals surface area contributed by atoms with Gasteiger partial charge in [-0.1, -0.05) is 27.7 Å². The van der Waals surface area contributed by atoms with Crippen molar-refractivity contribution in [3.8, 4) is 0 Å². The Kier molecular flexibility index (Phi) is 7.01. The molecule has 13 heavy (non-hydrogen) atoms. The molecule has 0 N–H and O–H groups in total. The average Bonchev–Trinajstić information content (AvgIpc) is 2.71. The predicted molar refractivity (Wildman–Crippen MR) is 57.9 cm³/mol. The first-order chi connectivity index (χ1) is 6.47. The van der Waals surface area contributed by atoms with Crippen molar-refractivity contribution in [2.45, 2.75) is 27.7 Å². The zero-order chi connectivity index (χ0) is 10.1. The fraction of sp³-hybridized carbons (Fsp3) is 0.444. The van der Waals surface area contributed by atoms with Crippen LogP contribution >= 0.6 is 11.7 Å². The molecule has 0 aliphatic heterocycles. The third-order valence-corrected chi connectivity index (χ3v) is 1.57. The van der Waals surface area contributed by atoms with Crippen molar-refractivity contribution in [1.29, 1.82) is 0 Å². The second kappa shape index (κ2) is 7.61. The molecule has 0 saturated heterocycles. The standard InChI is InChI=1S/C5H3N3S.2C2H6/c1-2-4-5(6-3-1)8-9-7-4;2*1-2/h1-3H;2*1-2H3. The van der Waals surface area contributed by atoms with Crippen LogP contribution in [0.1, 0.15) is 27.7 Å². The molecular formula is C9H15N3S. The number of pyridine rings is 1. The molecule has 2 aromatic heterocycles. The molecule has 0 saturated carbocycles. The lowest BCUT2D eigenvalue weighted by Gasteiger charge is -1.78. The second-order valence-corrected chi connectivity index (χ2v) is 2.14. The van der Waals surface area contributed by atoms with Crippen LogP contribution in [0.4, 0.5) is 0 Å². The molecule has 0 aromatic carbocycles. The summed E-state index contributed by atoms with van der Waals surface area (Å²) in [5.41, 5.74) is 1.62. The van der Waals surface area contributed by atoms with E-state index in [1.165, 1.54) is 11.7 Å². The van der Waals surface area contributed by atoms with E-state index in [1.54, 1.807) is 6.20 Å². The van der Waals surface area contributed by atoms with E-state index >= 15 is 0 Å². The molecule has 0 unspecified atom stereocenters. The number of fused-ring (bicyclic) bond motifs is 1. The highest BCUT2D eigenvalue weighted by atomic mass is 32.1. The summed E-state index contributed by atoms with van der Waals surface area (Å²) in [6.45, 7) is 8.00. The summed E-state index contributed by atoms with van der Waals surface area (Å²) in [6.07, 6.45) is 1.71. The molecule has 0 aliphatic rings. The maximum atomic E-state index is 3.99. The monoisotopic (exact) mass is 197 g/mol. The largest absolute Gasteiger partial charge is 0.234 e. The molecule has 2 heterocycles. The second-order valence-electron chi connectivity index (χ2n) is 1.61. The lowest BCUT2D eigenvalue weighted by atomic mass is 10.4. The Morgan fingerprint density at radius 3 is 2.38 bits per heavy atom. The summed E-state index contributed by atoms with van der Waals surface area (Å²) in [5.74, 6) is 0. The highest BCUT2D eigenvalue weighted by molar-refractivity contribution is 7.00. The topological polar surface area (TPSA) is 38.7 Å². The van der Waals surface area contributed by atoms with Crippen molar-refractivity contribution < 1.29 is 0 Å². The van der Waals surface area contributed by atoms with E-state index < -0.39 is 0 Å². The van der Waals surface area contributed by atoms with Gasteiger partial charge in [0.1, 0.15) is 5.52 Å². The molecule has 0 amide bonds. The summed E-state index contributed by atoms with van der Waals surface area (Å²) in [7, 11) is 0. The first-order valence-electron chi connectivity index (χ1n) is 4.50. The molecule has 2 rings (SSSR count). The van der Waals surface area contributed by atoms with E-state index in [9.17, 15) is 0 Å². The fourth-order valence-electron chi connectivity index (χ4n) is 0.633. The SMILES string of the molecule is CC.CC.c1cnc2nsnc2c1. The highest BCUT2D eigenvalue weighted by Crippen LogP contribution is 2.04.